The lowest BCUT2D eigenvalue weighted by atomic mass is 9.98. The average Bonchev–Trinajstić information content (AvgIpc) is 3.15. The van der Waals surface area contributed by atoms with Crippen LogP contribution in [-0.2, 0) is 18.9 Å². The molecule has 3 aliphatic rings. The summed E-state index contributed by atoms with van der Waals surface area (Å²) < 4.78 is 39.1. The van der Waals surface area contributed by atoms with Crippen LogP contribution in [-0.4, -0.2) is 178 Å². The minimum absolute atomic E-state index is 0.0925. The second-order valence-electron chi connectivity index (χ2n) is 12.9. The van der Waals surface area contributed by atoms with Gasteiger partial charge in [0.25, 0.3) is 0 Å². The predicted molar refractivity (Wildman–Crippen MR) is 173 cm³/mol. The molecule has 21 nitrogen and oxygen atoms in total. The van der Waals surface area contributed by atoms with Crippen molar-refractivity contribution in [2.45, 2.75) is 92.1 Å². The van der Waals surface area contributed by atoms with Crippen LogP contribution in [0.5, 0.6) is 23.0 Å². The first-order valence-electron chi connectivity index (χ1n) is 16.5. The van der Waals surface area contributed by atoms with Gasteiger partial charge in [-0.05, 0) is 24.3 Å². The summed E-state index contributed by atoms with van der Waals surface area (Å²) in [7, 11) is 0. The zero-order valence-electron chi connectivity index (χ0n) is 27.8. The fourth-order valence-electron chi connectivity index (χ4n) is 6.20. The Balaban J connectivity index is 1.31. The molecule has 21 heteroatoms. The summed E-state index contributed by atoms with van der Waals surface area (Å²) in [4.78, 5) is 14.0. The van der Waals surface area contributed by atoms with E-state index in [0.717, 1.165) is 12.1 Å². The van der Waals surface area contributed by atoms with Gasteiger partial charge in [0.05, 0.1) is 19.8 Å². The molecule has 0 radical (unpaired) electrons. The van der Waals surface area contributed by atoms with E-state index in [0.29, 0.717) is 0 Å². The van der Waals surface area contributed by atoms with Crippen LogP contribution >= 0.6 is 0 Å². The quantitative estimate of drug-likeness (QED) is 0.0918. The molecule has 6 rings (SSSR count). The van der Waals surface area contributed by atoms with Crippen molar-refractivity contribution in [2.24, 2.45) is 0 Å². The molecule has 3 saturated heterocycles. The molecule has 54 heavy (non-hydrogen) atoms. The predicted octanol–water partition coefficient (Wildman–Crippen LogP) is -4.95. The molecule has 0 spiro atoms. The standard InChI is InChI=1S/C33H40O21/c34-7-15-19(38)23(42)26(45)31(51-15)48-9-17-21(40)25(44)28(47)33(53-17)54-30-22(41)18-13(37)5-12(49-32-27(46)24(43)20(39)16(8-35)52-32)6-14(18)50-29(30)10-1-3-11(36)4-2-10/h1-6,15-17,19-21,23-28,31-40,42-47H,7-9H2/t15-,16-,17-,19-,20-,21-,23-,24-,25-,26+,27-,28-,31+,32-,33-/m0/s1. The largest absolute Gasteiger partial charge is 0.508 e. The molecule has 0 aliphatic carbocycles. The summed E-state index contributed by atoms with van der Waals surface area (Å²) >= 11 is 0. The van der Waals surface area contributed by atoms with Crippen molar-refractivity contribution >= 4 is 11.0 Å². The Bertz CT molecular complexity index is 1800. The number of aliphatic hydroxyl groups is 11. The van der Waals surface area contributed by atoms with Crippen LogP contribution in [0.3, 0.4) is 0 Å². The molecule has 1 aromatic heterocycles. The fourth-order valence-corrected chi connectivity index (χ4v) is 6.20. The zero-order valence-corrected chi connectivity index (χ0v) is 27.8. The van der Waals surface area contributed by atoms with Gasteiger partial charge < -0.3 is 99.2 Å². The van der Waals surface area contributed by atoms with Gasteiger partial charge in [-0.1, -0.05) is 0 Å². The Morgan fingerprint density at radius 2 is 1.09 bits per heavy atom. The molecule has 3 aliphatic heterocycles. The molecular weight excluding hydrogens is 732 g/mol. The maximum absolute atomic E-state index is 14.0. The minimum Gasteiger partial charge on any atom is -0.508 e. The molecule has 0 amide bonds. The van der Waals surface area contributed by atoms with Crippen LogP contribution in [0.4, 0.5) is 0 Å². The van der Waals surface area contributed by atoms with Crippen molar-refractivity contribution in [1.82, 2.24) is 0 Å². The Morgan fingerprint density at radius 1 is 0.593 bits per heavy atom. The summed E-state index contributed by atoms with van der Waals surface area (Å²) in [6.07, 6.45) is -26.0. The molecule has 0 saturated carbocycles. The molecule has 2 aromatic carbocycles. The van der Waals surface area contributed by atoms with E-state index in [1.165, 1.54) is 24.3 Å². The van der Waals surface area contributed by atoms with Gasteiger partial charge in [0.2, 0.25) is 23.8 Å². The van der Waals surface area contributed by atoms with Crippen molar-refractivity contribution in [3.8, 4) is 34.3 Å². The van der Waals surface area contributed by atoms with E-state index < -0.39 is 134 Å². The third-order valence-electron chi connectivity index (χ3n) is 9.31. The van der Waals surface area contributed by atoms with Crippen LogP contribution in [0, 0.1) is 0 Å². The van der Waals surface area contributed by atoms with Crippen molar-refractivity contribution in [1.29, 1.82) is 0 Å². The second kappa shape index (κ2) is 16.2. The van der Waals surface area contributed by atoms with Gasteiger partial charge in [-0.25, -0.2) is 0 Å². The first kappa shape index (κ1) is 39.9. The van der Waals surface area contributed by atoms with E-state index in [-0.39, 0.29) is 28.4 Å². The van der Waals surface area contributed by atoms with E-state index in [1.54, 1.807) is 0 Å². The van der Waals surface area contributed by atoms with Gasteiger partial charge in [0, 0.05) is 17.7 Å². The zero-order chi connectivity index (χ0) is 39.2. The van der Waals surface area contributed by atoms with Gasteiger partial charge in [-0.2, -0.15) is 0 Å². The Labute approximate surface area is 303 Å². The molecule has 13 N–H and O–H groups in total. The normalized spacial score (nSPS) is 37.3. The van der Waals surface area contributed by atoms with Crippen molar-refractivity contribution in [3.05, 3.63) is 46.6 Å². The number of aliphatic hydroxyl groups excluding tert-OH is 11. The highest BCUT2D eigenvalue weighted by molar-refractivity contribution is 5.88. The van der Waals surface area contributed by atoms with E-state index in [2.05, 4.69) is 0 Å². The molecule has 298 valence electrons. The molecular formula is C33H40O21. The molecule has 3 aromatic rings. The van der Waals surface area contributed by atoms with E-state index in [1.807, 2.05) is 0 Å². The number of benzene rings is 2. The molecule has 0 unspecified atom stereocenters. The summed E-state index contributed by atoms with van der Waals surface area (Å²) in [6, 6.07) is 7.12. The van der Waals surface area contributed by atoms with Gasteiger partial charge in [-0.15, -0.1) is 0 Å². The number of fused-ring (bicyclic) bond motifs is 1. The molecule has 4 heterocycles. The summed E-state index contributed by atoms with van der Waals surface area (Å²) in [5.41, 5.74) is -1.32. The smallest absolute Gasteiger partial charge is 0.239 e. The molecule has 0 bridgehead atoms. The van der Waals surface area contributed by atoms with Gasteiger partial charge in [0.1, 0.15) is 101 Å². The summed E-state index contributed by atoms with van der Waals surface area (Å²) in [6.45, 7) is -2.21. The first-order valence-corrected chi connectivity index (χ1v) is 16.5. The number of phenols is 2. The van der Waals surface area contributed by atoms with Gasteiger partial charge in [0.15, 0.2) is 12.1 Å². The summed E-state index contributed by atoms with van der Waals surface area (Å²) in [5, 5.41) is 133. The van der Waals surface area contributed by atoms with Crippen LogP contribution in [0.2, 0.25) is 0 Å². The van der Waals surface area contributed by atoms with E-state index in [9.17, 15) is 71.2 Å². The molecule has 15 atom stereocenters. The highest BCUT2D eigenvalue weighted by Crippen LogP contribution is 2.39. The van der Waals surface area contributed by atoms with Crippen LogP contribution in [0.1, 0.15) is 0 Å². The monoisotopic (exact) mass is 772 g/mol. The number of ether oxygens (including phenoxy) is 6. The number of hydrogen-bond acceptors (Lipinski definition) is 21. The Hall–Kier alpha value is -3.75. The van der Waals surface area contributed by atoms with E-state index >= 15 is 0 Å². The lowest BCUT2D eigenvalue weighted by molar-refractivity contribution is -0.323. The maximum atomic E-state index is 14.0. The fraction of sp³-hybridized carbons (Fsp3) is 0.545. The van der Waals surface area contributed by atoms with Crippen molar-refractivity contribution in [2.75, 3.05) is 19.8 Å². The number of aromatic hydroxyl groups is 2. The van der Waals surface area contributed by atoms with E-state index in [4.69, 9.17) is 32.8 Å². The minimum atomic E-state index is -2.03. The highest BCUT2D eigenvalue weighted by atomic mass is 16.7. The Morgan fingerprint density at radius 3 is 1.67 bits per heavy atom. The number of rotatable bonds is 10. The lowest BCUT2D eigenvalue weighted by Crippen LogP contribution is -2.62. The van der Waals surface area contributed by atoms with Crippen molar-refractivity contribution < 1.29 is 99.2 Å². The van der Waals surface area contributed by atoms with Crippen molar-refractivity contribution in [3.63, 3.8) is 0 Å². The van der Waals surface area contributed by atoms with Gasteiger partial charge >= 0.3 is 0 Å². The van der Waals surface area contributed by atoms with Crippen LogP contribution in [0.25, 0.3) is 22.3 Å². The Kier molecular flexibility index (Phi) is 11.9. The highest BCUT2D eigenvalue weighted by Gasteiger charge is 2.49. The second-order valence-corrected chi connectivity index (χ2v) is 12.9. The molecule has 3 fully saturated rings. The number of phenolic OH excluding ortho intramolecular Hbond substituents is 2. The maximum Gasteiger partial charge on any atom is 0.239 e. The third kappa shape index (κ3) is 7.58. The SMILES string of the molecule is O=c1c(O[C@@H]2O[C@@H](CO[C@@H]3O[C@@H](CO)[C@H](O)[C@H](O)[C@H]3O)[C@H](O)[C@H](O)[C@@H]2O)c(-c2ccc(O)cc2)oc2cc(O[C@H]3O[C@@H](CO)[C@H](O)[C@H](O)[C@@H]3O)cc(O)c12. The number of hydrogen-bond donors (Lipinski definition) is 13. The van der Waals surface area contributed by atoms with Crippen LogP contribution < -0.4 is 14.9 Å². The average molecular weight is 773 g/mol. The third-order valence-corrected chi connectivity index (χ3v) is 9.31. The van der Waals surface area contributed by atoms with Crippen LogP contribution in [0.15, 0.2) is 45.6 Å². The first-order chi connectivity index (χ1) is 25.6. The topological polar surface area (TPSA) is 349 Å². The van der Waals surface area contributed by atoms with Gasteiger partial charge in [-0.3, -0.25) is 4.79 Å². The summed E-state index contributed by atoms with van der Waals surface area (Å²) in [5.74, 6) is -2.30. The lowest BCUT2D eigenvalue weighted by Gasteiger charge is -2.42.